The van der Waals surface area contributed by atoms with Crippen molar-refractivity contribution in [3.63, 3.8) is 0 Å². The minimum absolute atomic E-state index is 0.0222. The molecule has 0 saturated carbocycles. The van der Waals surface area contributed by atoms with Gasteiger partial charge in [0.05, 0.1) is 5.41 Å². The maximum Gasteiger partial charge on any atom is 0.309 e. The lowest BCUT2D eigenvalue weighted by atomic mass is 9.67. The van der Waals surface area contributed by atoms with Gasteiger partial charge in [0.15, 0.2) is 0 Å². The predicted molar refractivity (Wildman–Crippen MR) is 186 cm³/mol. The summed E-state index contributed by atoms with van der Waals surface area (Å²) < 4.78 is 10.8. The molecule has 0 aromatic carbocycles. The van der Waals surface area contributed by atoms with E-state index in [0.717, 1.165) is 57.9 Å². The molecule has 0 heterocycles. The van der Waals surface area contributed by atoms with Gasteiger partial charge in [0.25, 0.3) is 0 Å². The van der Waals surface area contributed by atoms with Crippen LogP contribution in [0.15, 0.2) is 0 Å². The fourth-order valence-electron chi connectivity index (χ4n) is 6.66. The highest BCUT2D eigenvalue weighted by atomic mass is 16.6. The lowest BCUT2D eigenvalue weighted by molar-refractivity contribution is -0.158. The first-order valence-corrected chi connectivity index (χ1v) is 18.9. The van der Waals surface area contributed by atoms with Gasteiger partial charge in [-0.05, 0) is 64.5 Å². The molecule has 0 aliphatic carbocycles. The fourth-order valence-corrected chi connectivity index (χ4v) is 6.66. The number of aliphatic carboxylic acids is 1. The first kappa shape index (κ1) is 43.4. The van der Waals surface area contributed by atoms with E-state index in [1.807, 2.05) is 7.05 Å². The summed E-state index contributed by atoms with van der Waals surface area (Å²) in [6, 6.07) is 0. The summed E-state index contributed by atoms with van der Waals surface area (Å²) in [6.07, 6.45) is 21.6. The summed E-state index contributed by atoms with van der Waals surface area (Å²) in [6.45, 7) is 11.4. The summed E-state index contributed by atoms with van der Waals surface area (Å²) >= 11 is 0. The van der Waals surface area contributed by atoms with Gasteiger partial charge in [-0.1, -0.05) is 130 Å². The Bertz CT molecular complexity index is 716. The number of carboxylic acids is 1. The monoisotopic (exact) mass is 640 g/mol. The molecule has 0 rings (SSSR count). The molecular weight excluding hydrogens is 566 g/mol. The molecule has 2 N–H and O–H groups in total. The molecule has 3 unspecified atom stereocenters. The van der Waals surface area contributed by atoms with Crippen molar-refractivity contribution >= 4 is 17.9 Å². The van der Waals surface area contributed by atoms with Crippen molar-refractivity contribution in [2.24, 2.45) is 17.3 Å². The van der Waals surface area contributed by atoms with E-state index < -0.39 is 17.5 Å². The van der Waals surface area contributed by atoms with Gasteiger partial charge in [0, 0.05) is 12.8 Å². The molecular formula is C38H73NO6. The number of hydrogen-bond donors (Lipinski definition) is 2. The van der Waals surface area contributed by atoms with Crippen LogP contribution in [0.1, 0.15) is 182 Å². The average molecular weight is 640 g/mol. The minimum Gasteiger partial charge on any atom is -0.481 e. The zero-order valence-corrected chi connectivity index (χ0v) is 30.4. The van der Waals surface area contributed by atoms with Gasteiger partial charge < -0.3 is 19.9 Å². The molecule has 7 nitrogen and oxygen atoms in total. The van der Waals surface area contributed by atoms with Gasteiger partial charge in [-0.15, -0.1) is 0 Å². The molecule has 0 aromatic rings. The van der Waals surface area contributed by atoms with Crippen LogP contribution in [0.4, 0.5) is 0 Å². The molecule has 0 fully saturated rings. The molecule has 0 amide bonds. The highest BCUT2D eigenvalue weighted by molar-refractivity contribution is 5.75. The van der Waals surface area contributed by atoms with Crippen LogP contribution in [-0.4, -0.2) is 49.3 Å². The van der Waals surface area contributed by atoms with Crippen LogP contribution in [0.5, 0.6) is 0 Å². The Morgan fingerprint density at radius 1 is 0.667 bits per heavy atom. The van der Waals surface area contributed by atoms with Gasteiger partial charge in [-0.25, -0.2) is 0 Å². The SMILES string of the molecule is CCCCCCC(CCCC)CC(CCCC(=O)OCC(C)OC(=O)CCCNC)(CC(CCCC)CCCCCC)C(=O)O. The van der Waals surface area contributed by atoms with Crippen molar-refractivity contribution in [2.75, 3.05) is 20.2 Å². The van der Waals surface area contributed by atoms with E-state index >= 15 is 0 Å². The third-order valence-electron chi connectivity index (χ3n) is 9.33. The maximum absolute atomic E-state index is 13.3. The first-order valence-electron chi connectivity index (χ1n) is 18.9. The molecule has 45 heavy (non-hydrogen) atoms. The van der Waals surface area contributed by atoms with E-state index in [1.54, 1.807) is 6.92 Å². The van der Waals surface area contributed by atoms with E-state index in [-0.39, 0.29) is 25.0 Å². The van der Waals surface area contributed by atoms with Crippen molar-refractivity contribution in [2.45, 2.75) is 188 Å². The zero-order valence-electron chi connectivity index (χ0n) is 30.4. The van der Waals surface area contributed by atoms with Gasteiger partial charge >= 0.3 is 17.9 Å². The molecule has 7 heteroatoms. The van der Waals surface area contributed by atoms with Crippen LogP contribution >= 0.6 is 0 Å². The zero-order chi connectivity index (χ0) is 33.8. The maximum atomic E-state index is 13.3. The molecule has 0 aliphatic heterocycles. The normalized spacial score (nSPS) is 14.8. The van der Waals surface area contributed by atoms with Crippen LogP contribution in [0.25, 0.3) is 0 Å². The van der Waals surface area contributed by atoms with Crippen molar-refractivity contribution in [1.82, 2.24) is 5.32 Å². The Balaban J connectivity index is 5.61. The van der Waals surface area contributed by atoms with E-state index in [0.29, 0.717) is 50.4 Å². The van der Waals surface area contributed by atoms with Crippen LogP contribution in [0.2, 0.25) is 0 Å². The van der Waals surface area contributed by atoms with Gasteiger partial charge in [0.2, 0.25) is 0 Å². The summed E-state index contributed by atoms with van der Waals surface area (Å²) in [5.74, 6) is -0.517. The number of nitrogens with one attached hydrogen (secondary N) is 1. The van der Waals surface area contributed by atoms with Gasteiger partial charge in [-0.2, -0.15) is 0 Å². The second-order valence-electron chi connectivity index (χ2n) is 13.8. The summed E-state index contributed by atoms with van der Waals surface area (Å²) in [7, 11) is 1.84. The van der Waals surface area contributed by atoms with Crippen molar-refractivity contribution < 1.29 is 29.0 Å². The quantitative estimate of drug-likeness (QED) is 0.0558. The highest BCUT2D eigenvalue weighted by Gasteiger charge is 2.41. The lowest BCUT2D eigenvalue weighted by Crippen LogP contribution is -2.36. The smallest absolute Gasteiger partial charge is 0.309 e. The summed E-state index contributed by atoms with van der Waals surface area (Å²) in [4.78, 5) is 38.0. The standard InChI is InChI=1S/C38H73NO6/c1-7-11-15-17-23-33(21-13-9-3)29-38(37(42)43,30-34(22-14-10-4)24-18-16-12-8-2)27-19-25-35(40)44-31-32(5)45-36(41)26-20-28-39-6/h32-34,39H,7-31H2,1-6H3,(H,42,43). The molecule has 0 bridgehead atoms. The van der Waals surface area contributed by atoms with Crippen molar-refractivity contribution in [1.29, 1.82) is 0 Å². The van der Waals surface area contributed by atoms with E-state index in [9.17, 15) is 19.5 Å². The number of rotatable bonds is 32. The molecule has 0 spiro atoms. The fraction of sp³-hybridized carbons (Fsp3) is 0.921. The predicted octanol–water partition coefficient (Wildman–Crippen LogP) is 10.0. The molecule has 0 saturated heterocycles. The molecule has 266 valence electrons. The average Bonchev–Trinajstić information content (AvgIpc) is 3.01. The number of carbonyl (C=O) groups is 3. The first-order chi connectivity index (χ1) is 21.7. The van der Waals surface area contributed by atoms with Gasteiger partial charge in [0.1, 0.15) is 12.7 Å². The van der Waals surface area contributed by atoms with Crippen molar-refractivity contribution in [3.8, 4) is 0 Å². The third-order valence-corrected chi connectivity index (χ3v) is 9.33. The summed E-state index contributed by atoms with van der Waals surface area (Å²) in [5, 5.41) is 13.9. The highest BCUT2D eigenvalue weighted by Crippen LogP contribution is 2.44. The molecule has 0 aromatic heterocycles. The second kappa shape index (κ2) is 28.6. The Hall–Kier alpha value is -1.63. The number of carboxylic acid groups (broad SMARTS) is 1. The van der Waals surface area contributed by atoms with Crippen LogP contribution in [-0.2, 0) is 23.9 Å². The van der Waals surface area contributed by atoms with E-state index in [4.69, 9.17) is 9.47 Å². The van der Waals surface area contributed by atoms with E-state index in [1.165, 1.54) is 51.4 Å². The Morgan fingerprint density at radius 2 is 1.16 bits per heavy atom. The van der Waals surface area contributed by atoms with Crippen LogP contribution in [0, 0.1) is 17.3 Å². The van der Waals surface area contributed by atoms with Crippen LogP contribution < -0.4 is 5.32 Å². The number of hydrogen-bond acceptors (Lipinski definition) is 6. The lowest BCUT2D eigenvalue weighted by Gasteiger charge is -2.37. The van der Waals surface area contributed by atoms with Crippen LogP contribution in [0.3, 0.4) is 0 Å². The van der Waals surface area contributed by atoms with Gasteiger partial charge in [-0.3, -0.25) is 14.4 Å². The number of carbonyl (C=O) groups excluding carboxylic acids is 2. The Morgan fingerprint density at radius 3 is 1.62 bits per heavy atom. The molecule has 3 atom stereocenters. The number of esters is 2. The largest absolute Gasteiger partial charge is 0.481 e. The number of unbranched alkanes of at least 4 members (excludes halogenated alkanes) is 8. The Kier molecular flexibility index (Phi) is 27.5. The molecule has 0 aliphatic rings. The van der Waals surface area contributed by atoms with Crippen molar-refractivity contribution in [3.05, 3.63) is 0 Å². The van der Waals surface area contributed by atoms with E-state index in [2.05, 4.69) is 33.0 Å². The third kappa shape index (κ3) is 22.5. The minimum atomic E-state index is -0.817. The molecule has 0 radical (unpaired) electrons. The summed E-state index contributed by atoms with van der Waals surface area (Å²) in [5.41, 5.74) is -0.817. The topological polar surface area (TPSA) is 102 Å². The number of ether oxygens (including phenoxy) is 2. The Labute approximate surface area is 277 Å². The second-order valence-corrected chi connectivity index (χ2v) is 13.8.